The summed E-state index contributed by atoms with van der Waals surface area (Å²) in [6.45, 7) is 9.58. The van der Waals surface area contributed by atoms with Crippen LogP contribution in [0.3, 0.4) is 0 Å². The van der Waals surface area contributed by atoms with E-state index in [0.717, 1.165) is 22.4 Å². The average molecular weight is 424 g/mol. The van der Waals surface area contributed by atoms with E-state index in [4.69, 9.17) is 0 Å². The zero-order chi connectivity index (χ0) is 22.5. The van der Waals surface area contributed by atoms with Crippen molar-refractivity contribution in [1.82, 2.24) is 19.9 Å². The maximum absolute atomic E-state index is 15.2. The molecular weight excluding hydrogens is 403 g/mol. The molecule has 0 fully saturated rings. The highest BCUT2D eigenvalue weighted by molar-refractivity contribution is 5.75. The molecule has 0 saturated heterocycles. The molecule has 158 valence electrons. The Hall–Kier alpha value is -4.26. The summed E-state index contributed by atoms with van der Waals surface area (Å²) in [6, 6.07) is 10.8. The Bertz CT molecular complexity index is 1280. The Morgan fingerprint density at radius 3 is 2.50 bits per heavy atom. The molecular formula is C25H21FN6. The second kappa shape index (κ2) is 9.26. The van der Waals surface area contributed by atoms with Crippen LogP contribution in [0.4, 0.5) is 15.9 Å². The van der Waals surface area contributed by atoms with Gasteiger partial charge in [-0.3, -0.25) is 9.98 Å². The van der Waals surface area contributed by atoms with E-state index in [2.05, 4.69) is 43.5 Å². The summed E-state index contributed by atoms with van der Waals surface area (Å²) in [4.78, 5) is 21.1. The summed E-state index contributed by atoms with van der Waals surface area (Å²) in [5.74, 6) is 0.329. The number of nitrogens with zero attached hydrogens (tertiary/aromatic N) is 5. The Balaban J connectivity index is 1.52. The molecule has 0 aliphatic carbocycles. The third kappa shape index (κ3) is 4.41. The lowest BCUT2D eigenvalue weighted by Crippen LogP contribution is -2.05. The minimum Gasteiger partial charge on any atom is -0.363 e. The summed E-state index contributed by atoms with van der Waals surface area (Å²) >= 11 is 0. The van der Waals surface area contributed by atoms with Crippen LogP contribution in [0.15, 0.2) is 72.8 Å². The molecule has 0 bridgehead atoms. The highest BCUT2D eigenvalue weighted by Gasteiger charge is 2.13. The van der Waals surface area contributed by atoms with Gasteiger partial charge in [0, 0.05) is 59.3 Å². The summed E-state index contributed by atoms with van der Waals surface area (Å²) in [6.07, 6.45) is 8.39. The van der Waals surface area contributed by atoms with E-state index in [-0.39, 0.29) is 5.82 Å². The first-order chi connectivity index (χ1) is 15.6. The third-order valence-electron chi connectivity index (χ3n) is 4.94. The average Bonchev–Trinajstić information content (AvgIpc) is 2.83. The van der Waals surface area contributed by atoms with Crippen molar-refractivity contribution in [2.45, 2.75) is 13.5 Å². The molecule has 3 heterocycles. The van der Waals surface area contributed by atoms with E-state index in [1.165, 1.54) is 0 Å². The number of rotatable bonds is 7. The van der Waals surface area contributed by atoms with Crippen molar-refractivity contribution >= 4 is 24.3 Å². The van der Waals surface area contributed by atoms with E-state index in [9.17, 15) is 0 Å². The van der Waals surface area contributed by atoms with Crippen LogP contribution in [0.2, 0.25) is 0 Å². The Morgan fingerprint density at radius 2 is 1.78 bits per heavy atom. The normalized spacial score (nSPS) is 10.6. The monoisotopic (exact) mass is 424 g/mol. The quantitative estimate of drug-likeness (QED) is 0.389. The van der Waals surface area contributed by atoms with Crippen LogP contribution in [0.5, 0.6) is 0 Å². The van der Waals surface area contributed by atoms with Gasteiger partial charge in [0.25, 0.3) is 0 Å². The van der Waals surface area contributed by atoms with Gasteiger partial charge in [-0.15, -0.1) is 0 Å². The van der Waals surface area contributed by atoms with Crippen molar-refractivity contribution < 1.29 is 4.39 Å². The van der Waals surface area contributed by atoms with Gasteiger partial charge in [-0.25, -0.2) is 19.3 Å². The molecule has 0 amide bonds. The van der Waals surface area contributed by atoms with Crippen molar-refractivity contribution in [1.29, 1.82) is 0 Å². The van der Waals surface area contributed by atoms with Gasteiger partial charge in [0.05, 0.1) is 5.69 Å². The molecule has 6 nitrogen and oxygen atoms in total. The van der Waals surface area contributed by atoms with Crippen molar-refractivity contribution in [2.75, 3.05) is 5.32 Å². The van der Waals surface area contributed by atoms with Crippen molar-refractivity contribution in [3.05, 3.63) is 90.4 Å². The van der Waals surface area contributed by atoms with E-state index < -0.39 is 5.82 Å². The van der Waals surface area contributed by atoms with Crippen molar-refractivity contribution in [2.24, 2.45) is 4.99 Å². The van der Waals surface area contributed by atoms with Gasteiger partial charge in [0.15, 0.2) is 17.5 Å². The Labute approximate surface area is 185 Å². The van der Waals surface area contributed by atoms with Crippen molar-refractivity contribution in [3.63, 3.8) is 0 Å². The number of aliphatic imine (C=N–C) groups is 1. The van der Waals surface area contributed by atoms with Crippen LogP contribution in [0.1, 0.15) is 16.8 Å². The van der Waals surface area contributed by atoms with Crippen LogP contribution >= 0.6 is 0 Å². The first-order valence-corrected chi connectivity index (χ1v) is 9.95. The fraction of sp³-hybridized carbons (Fsp3) is 0.0800. The predicted molar refractivity (Wildman–Crippen MR) is 126 cm³/mol. The molecule has 0 atom stereocenters. The summed E-state index contributed by atoms with van der Waals surface area (Å²) in [5, 5.41) is 3.03. The molecule has 4 rings (SSSR count). The summed E-state index contributed by atoms with van der Waals surface area (Å²) in [7, 11) is 0. The molecule has 1 aromatic carbocycles. The van der Waals surface area contributed by atoms with Gasteiger partial charge in [-0.2, -0.15) is 0 Å². The van der Waals surface area contributed by atoms with E-state index in [0.29, 0.717) is 29.2 Å². The second-order valence-electron chi connectivity index (χ2n) is 7.11. The Morgan fingerprint density at radius 1 is 1.00 bits per heavy atom. The summed E-state index contributed by atoms with van der Waals surface area (Å²) in [5.41, 5.74) is 5.22. The molecule has 0 spiro atoms. The second-order valence-corrected chi connectivity index (χ2v) is 7.11. The lowest BCUT2D eigenvalue weighted by molar-refractivity contribution is 0.628. The summed E-state index contributed by atoms with van der Waals surface area (Å²) < 4.78 is 15.2. The zero-order valence-electron chi connectivity index (χ0n) is 17.6. The lowest BCUT2D eigenvalue weighted by Gasteiger charge is -2.11. The molecule has 1 N–H and O–H groups in total. The number of benzene rings is 1. The minimum atomic E-state index is -0.438. The molecule has 0 saturated carbocycles. The van der Waals surface area contributed by atoms with E-state index in [1.807, 2.05) is 25.1 Å². The highest BCUT2D eigenvalue weighted by atomic mass is 19.1. The number of halogens is 1. The Kier molecular flexibility index (Phi) is 6.07. The molecule has 0 unspecified atom stereocenters. The zero-order valence-corrected chi connectivity index (χ0v) is 17.6. The molecule has 7 heteroatoms. The number of aromatic nitrogens is 4. The number of hydrogen-bond acceptors (Lipinski definition) is 6. The number of aryl methyl sites for hydroxylation is 1. The third-order valence-corrected chi connectivity index (χ3v) is 4.94. The highest BCUT2D eigenvalue weighted by Crippen LogP contribution is 2.31. The van der Waals surface area contributed by atoms with Gasteiger partial charge in [0.1, 0.15) is 0 Å². The van der Waals surface area contributed by atoms with Gasteiger partial charge < -0.3 is 5.32 Å². The minimum absolute atomic E-state index is 0.155. The van der Waals surface area contributed by atoms with E-state index >= 15 is 4.39 Å². The number of pyridine rings is 2. The molecule has 0 aliphatic rings. The maximum atomic E-state index is 15.2. The predicted octanol–water partition coefficient (Wildman–Crippen LogP) is 5.64. The molecule has 0 aliphatic heterocycles. The smallest absolute Gasteiger partial charge is 0.173 e. The lowest BCUT2D eigenvalue weighted by atomic mass is 10.0. The van der Waals surface area contributed by atoms with Crippen molar-refractivity contribution in [3.8, 4) is 22.5 Å². The number of nitrogens with one attached hydrogen (secondary N) is 1. The topological polar surface area (TPSA) is 76.0 Å². The number of hydrogen-bond donors (Lipinski definition) is 1. The fourth-order valence-corrected chi connectivity index (χ4v) is 3.29. The van der Waals surface area contributed by atoms with Gasteiger partial charge in [-0.05, 0) is 49.5 Å². The fourth-order valence-electron chi connectivity index (χ4n) is 3.29. The standard InChI is InChI=1S/C25H21FN6/c1-4-18-12-19(5-6-22(18)27-3)21-8-10-29-25(23(21)26)32-15-17-13-30-24(31-14-17)20-7-9-28-16(2)11-20/h4-14H,1,3,15H2,2H3,(H,29,32). The first-order valence-electron chi connectivity index (χ1n) is 9.95. The molecule has 3 aromatic heterocycles. The van der Waals surface area contributed by atoms with Gasteiger partial charge >= 0.3 is 0 Å². The van der Waals surface area contributed by atoms with Crippen LogP contribution in [-0.2, 0) is 6.54 Å². The van der Waals surface area contributed by atoms with Crippen LogP contribution in [-0.4, -0.2) is 26.7 Å². The van der Waals surface area contributed by atoms with Gasteiger partial charge in [-0.1, -0.05) is 18.7 Å². The largest absolute Gasteiger partial charge is 0.363 e. The maximum Gasteiger partial charge on any atom is 0.173 e. The van der Waals surface area contributed by atoms with Crippen LogP contribution in [0, 0.1) is 12.7 Å². The van der Waals surface area contributed by atoms with Crippen LogP contribution in [0.25, 0.3) is 28.6 Å². The SMILES string of the molecule is C=Cc1cc(-c2ccnc(NCc3cnc(-c4ccnc(C)c4)nc3)c2F)ccc1N=C. The molecule has 0 radical (unpaired) electrons. The molecule has 32 heavy (non-hydrogen) atoms. The van der Waals surface area contributed by atoms with E-state index in [1.54, 1.807) is 49.1 Å². The number of anilines is 1. The molecule has 4 aromatic rings. The van der Waals surface area contributed by atoms with Gasteiger partial charge in [0.2, 0.25) is 0 Å². The van der Waals surface area contributed by atoms with Crippen LogP contribution < -0.4 is 5.32 Å². The first kappa shape index (κ1) is 21.0.